The molecule has 7 heteroatoms. The summed E-state index contributed by atoms with van der Waals surface area (Å²) in [5.74, 6) is 0.912. The zero-order chi connectivity index (χ0) is 17.5. The highest BCUT2D eigenvalue weighted by atomic mass is 32.1. The van der Waals surface area contributed by atoms with Gasteiger partial charge in [-0.25, -0.2) is 0 Å². The Morgan fingerprint density at radius 3 is 2.50 bits per heavy atom. The molecule has 0 bridgehead atoms. The Bertz CT molecular complexity index is 695. The number of benzene rings is 1. The number of nitrogens with zero attached hydrogens (tertiary/aromatic N) is 2. The predicted octanol–water partition coefficient (Wildman–Crippen LogP) is 3.66. The van der Waals surface area contributed by atoms with Crippen LogP contribution in [0, 0.1) is 0 Å². The van der Waals surface area contributed by atoms with Crippen molar-refractivity contribution in [1.82, 2.24) is 10.2 Å². The molecule has 0 saturated heterocycles. The number of ketones is 1. The van der Waals surface area contributed by atoms with Gasteiger partial charge >= 0.3 is 0 Å². The van der Waals surface area contributed by atoms with Crippen LogP contribution >= 0.6 is 11.3 Å². The van der Waals surface area contributed by atoms with Gasteiger partial charge in [0.15, 0.2) is 5.78 Å². The van der Waals surface area contributed by atoms with E-state index in [9.17, 15) is 9.59 Å². The van der Waals surface area contributed by atoms with Crippen LogP contribution in [0.25, 0.3) is 0 Å². The van der Waals surface area contributed by atoms with Crippen molar-refractivity contribution in [1.29, 1.82) is 0 Å². The number of rotatable bonds is 8. The van der Waals surface area contributed by atoms with Crippen molar-refractivity contribution < 1.29 is 14.3 Å². The van der Waals surface area contributed by atoms with Crippen LogP contribution in [-0.4, -0.2) is 28.5 Å². The average molecular weight is 347 g/mol. The number of Topliss-reactive ketones (excluding diaryl/α,β-unsaturated/α-hetero) is 1. The summed E-state index contributed by atoms with van der Waals surface area (Å²) in [7, 11) is 0. The van der Waals surface area contributed by atoms with E-state index in [1.165, 1.54) is 18.3 Å². The number of hydrogen-bond acceptors (Lipinski definition) is 6. The Morgan fingerprint density at radius 2 is 1.92 bits per heavy atom. The van der Waals surface area contributed by atoms with Crippen molar-refractivity contribution >= 4 is 28.2 Å². The molecule has 0 saturated carbocycles. The van der Waals surface area contributed by atoms with Crippen molar-refractivity contribution in [2.75, 3.05) is 11.9 Å². The van der Waals surface area contributed by atoms with E-state index in [0.717, 1.165) is 5.01 Å². The fourth-order valence-electron chi connectivity index (χ4n) is 1.91. The quantitative estimate of drug-likeness (QED) is 0.582. The number of amides is 1. The molecule has 1 aromatic carbocycles. The highest BCUT2D eigenvalue weighted by Crippen LogP contribution is 2.22. The van der Waals surface area contributed by atoms with E-state index >= 15 is 0 Å². The molecule has 0 unspecified atom stereocenters. The summed E-state index contributed by atoms with van der Waals surface area (Å²) in [6.45, 7) is 6.02. The third kappa shape index (κ3) is 5.42. The van der Waals surface area contributed by atoms with Gasteiger partial charge in [-0.05, 0) is 37.6 Å². The first-order valence-corrected chi connectivity index (χ1v) is 8.64. The van der Waals surface area contributed by atoms with Crippen molar-refractivity contribution in [2.24, 2.45) is 0 Å². The standard InChI is InChI=1S/C17H21N3O3S/c1-11(2)16-19-20-17(24-16)18-15(22)5-4-10-23-14-8-6-13(7-9-14)12(3)21/h6-9,11H,4-5,10H2,1-3H3,(H,18,20,22). The maximum Gasteiger partial charge on any atom is 0.226 e. The lowest BCUT2D eigenvalue weighted by Crippen LogP contribution is -2.12. The monoisotopic (exact) mass is 347 g/mol. The minimum absolute atomic E-state index is 0.0236. The van der Waals surface area contributed by atoms with E-state index in [0.29, 0.717) is 41.8 Å². The van der Waals surface area contributed by atoms with Crippen LogP contribution in [0.5, 0.6) is 5.75 Å². The highest BCUT2D eigenvalue weighted by molar-refractivity contribution is 7.15. The summed E-state index contributed by atoms with van der Waals surface area (Å²) >= 11 is 1.40. The Morgan fingerprint density at radius 1 is 1.21 bits per heavy atom. The summed E-state index contributed by atoms with van der Waals surface area (Å²) in [5.41, 5.74) is 0.652. The van der Waals surface area contributed by atoms with Crippen LogP contribution in [0.15, 0.2) is 24.3 Å². The van der Waals surface area contributed by atoms with Crippen LogP contribution < -0.4 is 10.1 Å². The van der Waals surface area contributed by atoms with E-state index in [1.807, 2.05) is 13.8 Å². The fraction of sp³-hybridized carbons (Fsp3) is 0.412. The topological polar surface area (TPSA) is 81.2 Å². The minimum Gasteiger partial charge on any atom is -0.494 e. The number of anilines is 1. The lowest BCUT2D eigenvalue weighted by molar-refractivity contribution is -0.116. The third-order valence-electron chi connectivity index (χ3n) is 3.26. The molecule has 0 aliphatic rings. The van der Waals surface area contributed by atoms with Gasteiger partial charge in [-0.2, -0.15) is 0 Å². The van der Waals surface area contributed by atoms with Crippen molar-refractivity contribution in [3.05, 3.63) is 34.8 Å². The predicted molar refractivity (Wildman–Crippen MR) is 93.8 cm³/mol. The first-order chi connectivity index (χ1) is 11.5. The summed E-state index contributed by atoms with van der Waals surface area (Å²) in [6.07, 6.45) is 0.943. The molecule has 2 rings (SSSR count). The molecule has 0 spiro atoms. The first kappa shape index (κ1) is 18.1. The van der Waals surface area contributed by atoms with E-state index < -0.39 is 0 Å². The largest absolute Gasteiger partial charge is 0.494 e. The summed E-state index contributed by atoms with van der Waals surface area (Å²) < 4.78 is 5.56. The molecule has 128 valence electrons. The average Bonchev–Trinajstić information content (AvgIpc) is 3.00. The summed E-state index contributed by atoms with van der Waals surface area (Å²) in [4.78, 5) is 23.0. The lowest BCUT2D eigenvalue weighted by Gasteiger charge is -2.06. The van der Waals surface area contributed by atoms with Gasteiger partial charge in [0.2, 0.25) is 11.0 Å². The second-order valence-electron chi connectivity index (χ2n) is 5.68. The minimum atomic E-state index is -0.100. The zero-order valence-electron chi connectivity index (χ0n) is 14.0. The molecular weight excluding hydrogens is 326 g/mol. The van der Waals surface area contributed by atoms with E-state index in [2.05, 4.69) is 15.5 Å². The van der Waals surface area contributed by atoms with Crippen LogP contribution in [0.1, 0.15) is 54.9 Å². The van der Waals surface area contributed by atoms with Gasteiger partial charge in [-0.1, -0.05) is 25.2 Å². The number of carbonyl (C=O) groups is 2. The van der Waals surface area contributed by atoms with Crippen LogP contribution in [0.3, 0.4) is 0 Å². The number of carbonyl (C=O) groups excluding carboxylic acids is 2. The lowest BCUT2D eigenvalue weighted by atomic mass is 10.1. The molecule has 24 heavy (non-hydrogen) atoms. The fourth-order valence-corrected chi connectivity index (χ4v) is 2.67. The molecule has 0 radical (unpaired) electrons. The van der Waals surface area contributed by atoms with Crippen LogP contribution in [0.4, 0.5) is 5.13 Å². The molecule has 1 heterocycles. The number of nitrogens with one attached hydrogen (secondary N) is 1. The zero-order valence-corrected chi connectivity index (χ0v) is 14.9. The molecule has 0 aliphatic heterocycles. The molecule has 0 atom stereocenters. The van der Waals surface area contributed by atoms with Gasteiger partial charge in [-0.3, -0.25) is 9.59 Å². The van der Waals surface area contributed by atoms with Crippen molar-refractivity contribution in [2.45, 2.75) is 39.5 Å². The second kappa shape index (κ2) is 8.54. The van der Waals surface area contributed by atoms with Crippen molar-refractivity contribution in [3.63, 3.8) is 0 Å². The normalized spacial score (nSPS) is 10.7. The molecule has 6 nitrogen and oxygen atoms in total. The van der Waals surface area contributed by atoms with Crippen molar-refractivity contribution in [3.8, 4) is 5.75 Å². The molecule has 1 amide bonds. The van der Waals surface area contributed by atoms with Crippen LogP contribution in [-0.2, 0) is 4.79 Å². The summed E-state index contributed by atoms with van der Waals surface area (Å²) in [6, 6.07) is 6.97. The molecule has 2 aromatic rings. The van der Waals surface area contributed by atoms with Gasteiger partial charge in [-0.15, -0.1) is 10.2 Å². The van der Waals surface area contributed by atoms with Gasteiger partial charge in [0, 0.05) is 17.9 Å². The Balaban J connectivity index is 1.69. The Labute approximate surface area is 145 Å². The Kier molecular flexibility index (Phi) is 6.43. The third-order valence-corrected chi connectivity index (χ3v) is 4.40. The van der Waals surface area contributed by atoms with Gasteiger partial charge < -0.3 is 10.1 Å². The van der Waals surface area contributed by atoms with Gasteiger partial charge in [0.05, 0.1) is 6.61 Å². The maximum atomic E-state index is 11.9. The Hall–Kier alpha value is -2.28. The number of ether oxygens (including phenoxy) is 1. The molecule has 1 N–H and O–H groups in total. The molecule has 1 aromatic heterocycles. The second-order valence-corrected chi connectivity index (χ2v) is 6.69. The molecular formula is C17H21N3O3S. The first-order valence-electron chi connectivity index (χ1n) is 7.82. The molecule has 0 fully saturated rings. The molecule has 0 aliphatic carbocycles. The number of hydrogen-bond donors (Lipinski definition) is 1. The maximum absolute atomic E-state index is 11.9. The van der Waals surface area contributed by atoms with Crippen LogP contribution in [0.2, 0.25) is 0 Å². The van der Waals surface area contributed by atoms with E-state index in [-0.39, 0.29) is 11.7 Å². The van der Waals surface area contributed by atoms with E-state index in [1.54, 1.807) is 24.3 Å². The van der Waals surface area contributed by atoms with E-state index in [4.69, 9.17) is 4.74 Å². The smallest absolute Gasteiger partial charge is 0.226 e. The highest BCUT2D eigenvalue weighted by Gasteiger charge is 2.10. The van der Waals surface area contributed by atoms with Gasteiger partial charge in [0.25, 0.3) is 0 Å². The summed E-state index contributed by atoms with van der Waals surface area (Å²) in [5, 5.41) is 12.2. The SMILES string of the molecule is CC(=O)c1ccc(OCCCC(=O)Nc2nnc(C(C)C)s2)cc1. The van der Waals surface area contributed by atoms with Gasteiger partial charge in [0.1, 0.15) is 10.8 Å². The number of aromatic nitrogens is 2.